The van der Waals surface area contributed by atoms with E-state index in [1.807, 2.05) is 0 Å². The number of hydrogen-bond donors (Lipinski definition) is 2. The van der Waals surface area contributed by atoms with Crippen LogP contribution in [0.15, 0.2) is 71.8 Å². The Labute approximate surface area is 263 Å². The van der Waals surface area contributed by atoms with Gasteiger partial charge in [0.15, 0.2) is 9.84 Å². The van der Waals surface area contributed by atoms with Gasteiger partial charge in [-0.25, -0.2) is 13.4 Å². The van der Waals surface area contributed by atoms with Gasteiger partial charge in [0.05, 0.1) is 53.6 Å². The molecule has 15 heteroatoms. The predicted octanol–water partition coefficient (Wildman–Crippen LogP) is 5.40. The van der Waals surface area contributed by atoms with E-state index in [2.05, 4.69) is 10.3 Å². The second-order valence-corrected chi connectivity index (χ2v) is 13.0. The van der Waals surface area contributed by atoms with Gasteiger partial charge in [0.1, 0.15) is 17.7 Å². The summed E-state index contributed by atoms with van der Waals surface area (Å²) in [6.07, 6.45) is -7.51. The highest BCUT2D eigenvalue weighted by Gasteiger charge is 2.38. The van der Waals surface area contributed by atoms with Crippen LogP contribution in [-0.4, -0.2) is 68.2 Å². The van der Waals surface area contributed by atoms with Gasteiger partial charge in [-0.15, -0.1) is 0 Å². The Morgan fingerprint density at radius 1 is 1.04 bits per heavy atom. The van der Waals surface area contributed by atoms with Gasteiger partial charge in [-0.3, -0.25) is 4.79 Å². The molecule has 1 aromatic heterocycles. The van der Waals surface area contributed by atoms with Crippen molar-refractivity contribution in [1.82, 2.24) is 10.3 Å². The number of benzene rings is 2. The first kappa shape index (κ1) is 35.0. The number of nitrogens with zero attached hydrogens (tertiary/aromatic N) is 2. The highest BCUT2D eigenvalue weighted by molar-refractivity contribution is 7.91. The Bertz CT molecular complexity index is 1570. The van der Waals surface area contributed by atoms with Crippen molar-refractivity contribution in [3.8, 4) is 5.75 Å². The third-order valence-electron chi connectivity index (χ3n) is 7.57. The molecule has 1 fully saturated rings. The van der Waals surface area contributed by atoms with Gasteiger partial charge in [0.2, 0.25) is 0 Å². The van der Waals surface area contributed by atoms with Crippen LogP contribution in [0.4, 0.5) is 27.8 Å². The highest BCUT2D eigenvalue weighted by atomic mass is 32.2. The summed E-state index contributed by atoms with van der Waals surface area (Å²) in [6, 6.07) is 11.5. The van der Waals surface area contributed by atoms with Crippen molar-refractivity contribution in [3.05, 3.63) is 83.6 Å². The molecule has 0 bridgehead atoms. The van der Waals surface area contributed by atoms with Crippen LogP contribution in [0.2, 0.25) is 0 Å². The molecule has 0 aliphatic carbocycles. The van der Waals surface area contributed by atoms with Crippen molar-refractivity contribution in [3.63, 3.8) is 0 Å². The summed E-state index contributed by atoms with van der Waals surface area (Å²) >= 11 is 0. The molecule has 2 heterocycles. The maximum atomic E-state index is 13.9. The standard InChI is InChI=1S/C31H34F5N3O6S/c1-3-30(32,33)44-19-23-15-25(45-24-10-8-22(9-11-24)31(34,35)36)17-39(23)28-14-7-21(16-37-28)29(41)38-27(18-40)20-5-12-26(13-6-20)46(42,43)4-2/h5-14,16,23,25,27,40H,3-4,15,17-19H2,1-2H3,(H,38,41)/t23-,25-,27?/m0/s1. The van der Waals surface area contributed by atoms with Crippen molar-refractivity contribution in [2.24, 2.45) is 0 Å². The van der Waals surface area contributed by atoms with Gasteiger partial charge in [-0.2, -0.15) is 22.0 Å². The molecule has 0 spiro atoms. The largest absolute Gasteiger partial charge is 0.489 e. The number of sulfone groups is 1. The molecule has 2 aromatic carbocycles. The lowest BCUT2D eigenvalue weighted by molar-refractivity contribution is -0.241. The number of amides is 1. The van der Waals surface area contributed by atoms with Crippen LogP contribution < -0.4 is 15.0 Å². The van der Waals surface area contributed by atoms with E-state index < -0.39 is 64.8 Å². The third-order valence-corrected chi connectivity index (χ3v) is 9.32. The first-order valence-corrected chi connectivity index (χ1v) is 16.1. The molecule has 1 amide bonds. The molecule has 3 aromatic rings. The van der Waals surface area contributed by atoms with Crippen LogP contribution in [0.25, 0.3) is 0 Å². The SMILES string of the molecule is CCC(F)(F)OC[C@@H]1C[C@H](Oc2ccc(C(F)(F)F)cc2)CN1c1ccc(C(=O)NC(CO)c2ccc(S(=O)(=O)CC)cc2)cn1. The fraction of sp³-hybridized carbons (Fsp3) is 0.419. The number of halogens is 5. The average Bonchev–Trinajstić information content (AvgIpc) is 3.45. The molecule has 4 rings (SSSR count). The number of anilines is 1. The monoisotopic (exact) mass is 671 g/mol. The molecular formula is C31H34F5N3O6S. The summed E-state index contributed by atoms with van der Waals surface area (Å²) in [5.74, 6) is -0.136. The first-order chi connectivity index (χ1) is 21.7. The Morgan fingerprint density at radius 2 is 1.72 bits per heavy atom. The maximum Gasteiger partial charge on any atom is 0.416 e. The van der Waals surface area contributed by atoms with E-state index in [1.165, 1.54) is 68.6 Å². The summed E-state index contributed by atoms with van der Waals surface area (Å²) in [5.41, 5.74) is -0.215. The van der Waals surface area contributed by atoms with Gasteiger partial charge >= 0.3 is 12.3 Å². The van der Waals surface area contributed by atoms with Gasteiger partial charge in [0, 0.05) is 19.0 Å². The highest BCUT2D eigenvalue weighted by Crippen LogP contribution is 2.33. The number of aromatic nitrogens is 1. The smallest absolute Gasteiger partial charge is 0.416 e. The number of hydrogen-bond acceptors (Lipinski definition) is 8. The van der Waals surface area contributed by atoms with Gasteiger partial charge in [0.25, 0.3) is 5.91 Å². The lowest BCUT2D eigenvalue weighted by Gasteiger charge is -2.27. The molecule has 1 aliphatic rings. The first-order valence-electron chi connectivity index (χ1n) is 14.5. The molecule has 3 atom stereocenters. The van der Waals surface area contributed by atoms with Crippen LogP contribution in [0.1, 0.15) is 54.2 Å². The van der Waals surface area contributed by atoms with E-state index in [1.54, 1.807) is 4.90 Å². The second-order valence-electron chi connectivity index (χ2n) is 10.7. The maximum absolute atomic E-state index is 13.9. The molecule has 46 heavy (non-hydrogen) atoms. The van der Waals surface area contributed by atoms with Crippen LogP contribution in [-0.2, 0) is 20.8 Å². The fourth-order valence-corrected chi connectivity index (χ4v) is 5.76. The fourth-order valence-electron chi connectivity index (χ4n) is 4.87. The lowest BCUT2D eigenvalue weighted by atomic mass is 10.1. The summed E-state index contributed by atoms with van der Waals surface area (Å²) in [5, 5.41) is 12.6. The van der Waals surface area contributed by atoms with Crippen LogP contribution in [0.5, 0.6) is 5.75 Å². The van der Waals surface area contributed by atoms with Crippen LogP contribution in [0, 0.1) is 0 Å². The minimum Gasteiger partial charge on any atom is -0.489 e. The zero-order valence-corrected chi connectivity index (χ0v) is 25.8. The number of carbonyl (C=O) groups is 1. The van der Waals surface area contributed by atoms with Crippen molar-refractivity contribution >= 4 is 21.6 Å². The Morgan fingerprint density at radius 3 is 2.26 bits per heavy atom. The average molecular weight is 672 g/mol. The minimum atomic E-state index is -4.51. The number of rotatable bonds is 13. The van der Waals surface area contributed by atoms with E-state index in [0.717, 1.165) is 12.1 Å². The summed E-state index contributed by atoms with van der Waals surface area (Å²) in [7, 11) is -3.42. The predicted molar refractivity (Wildman–Crippen MR) is 158 cm³/mol. The lowest BCUT2D eigenvalue weighted by Crippen LogP contribution is -2.37. The van der Waals surface area contributed by atoms with Crippen molar-refractivity contribution < 1.29 is 49.7 Å². The Hall–Kier alpha value is -3.82. The molecule has 0 radical (unpaired) electrons. The van der Waals surface area contributed by atoms with E-state index >= 15 is 0 Å². The zero-order valence-electron chi connectivity index (χ0n) is 25.0. The van der Waals surface area contributed by atoms with Crippen LogP contribution >= 0.6 is 0 Å². The summed E-state index contributed by atoms with van der Waals surface area (Å²) in [6.45, 7) is 2.12. The Kier molecular flexibility index (Phi) is 10.9. The van der Waals surface area contributed by atoms with Crippen molar-refractivity contribution in [2.75, 3.05) is 30.4 Å². The second kappa shape index (κ2) is 14.3. The zero-order chi connectivity index (χ0) is 33.7. The number of aliphatic hydroxyl groups is 1. The van der Waals surface area contributed by atoms with Gasteiger partial charge < -0.3 is 24.8 Å². The quantitative estimate of drug-likeness (QED) is 0.232. The summed E-state index contributed by atoms with van der Waals surface area (Å²) in [4.78, 5) is 19.1. The molecule has 250 valence electrons. The minimum absolute atomic E-state index is 0.0707. The molecule has 1 aliphatic heterocycles. The summed E-state index contributed by atoms with van der Waals surface area (Å²) < 4.78 is 102. The number of carbonyl (C=O) groups excluding carboxylic acids is 1. The molecule has 1 unspecified atom stereocenters. The number of aliphatic hydroxyl groups excluding tert-OH is 1. The van der Waals surface area contributed by atoms with Crippen molar-refractivity contribution in [2.45, 2.75) is 62.1 Å². The molecule has 0 saturated carbocycles. The van der Waals surface area contributed by atoms with E-state index in [0.29, 0.717) is 11.4 Å². The van der Waals surface area contributed by atoms with Crippen LogP contribution in [0.3, 0.4) is 0 Å². The topological polar surface area (TPSA) is 118 Å². The normalized spacial score (nSPS) is 18.0. The van der Waals surface area contributed by atoms with E-state index in [-0.39, 0.29) is 41.5 Å². The molecule has 9 nitrogen and oxygen atoms in total. The van der Waals surface area contributed by atoms with E-state index in [9.17, 15) is 40.3 Å². The molecule has 2 N–H and O–H groups in total. The van der Waals surface area contributed by atoms with Gasteiger partial charge in [-0.1, -0.05) is 26.0 Å². The number of pyridine rings is 1. The number of ether oxygens (including phenoxy) is 2. The molecular weight excluding hydrogens is 637 g/mol. The number of alkyl halides is 5. The third kappa shape index (κ3) is 8.70. The van der Waals surface area contributed by atoms with Crippen molar-refractivity contribution in [1.29, 1.82) is 0 Å². The van der Waals surface area contributed by atoms with Gasteiger partial charge in [-0.05, 0) is 54.1 Å². The number of nitrogens with one attached hydrogen (secondary N) is 1. The van der Waals surface area contributed by atoms with E-state index in [4.69, 9.17) is 9.47 Å². The molecule has 1 saturated heterocycles. The Balaban J connectivity index is 1.46.